The Bertz CT molecular complexity index is 766. The summed E-state index contributed by atoms with van der Waals surface area (Å²) in [6.45, 7) is 9.44. The second kappa shape index (κ2) is 8.46. The first-order valence-corrected chi connectivity index (χ1v) is 9.70. The minimum Gasteiger partial charge on any atom is -0.478 e. The van der Waals surface area contributed by atoms with Crippen molar-refractivity contribution in [2.75, 3.05) is 5.75 Å². The summed E-state index contributed by atoms with van der Waals surface area (Å²) in [6, 6.07) is 7.46. The third kappa shape index (κ3) is 5.58. The van der Waals surface area contributed by atoms with E-state index in [0.29, 0.717) is 5.75 Å². The average Bonchev–Trinajstić information content (AvgIpc) is 2.77. The van der Waals surface area contributed by atoms with Crippen LogP contribution in [0.15, 0.2) is 35.8 Å². The summed E-state index contributed by atoms with van der Waals surface area (Å²) in [5, 5.41) is 8.91. The molecule has 0 radical (unpaired) electrons. The van der Waals surface area contributed by atoms with Gasteiger partial charge >= 0.3 is 13.1 Å². The van der Waals surface area contributed by atoms with Crippen molar-refractivity contribution in [3.05, 3.63) is 46.9 Å². The lowest BCUT2D eigenvalue weighted by atomic mass is 9.78. The molecule has 1 heterocycles. The van der Waals surface area contributed by atoms with E-state index in [1.54, 1.807) is 6.08 Å². The van der Waals surface area contributed by atoms with E-state index >= 15 is 0 Å². The van der Waals surface area contributed by atoms with Gasteiger partial charge in [-0.15, -0.1) is 0 Å². The number of carboxylic acid groups (broad SMARTS) is 1. The molecule has 7 heteroatoms. The monoisotopic (exact) mass is 388 g/mol. The Hall–Kier alpha value is -1.83. The van der Waals surface area contributed by atoms with Crippen molar-refractivity contribution in [3.8, 4) is 0 Å². The zero-order chi connectivity index (χ0) is 20.2. The first-order chi connectivity index (χ1) is 12.5. The van der Waals surface area contributed by atoms with Gasteiger partial charge in [0, 0.05) is 18.8 Å². The Labute approximate surface area is 165 Å². The summed E-state index contributed by atoms with van der Waals surface area (Å²) in [5.74, 6) is -0.574. The van der Waals surface area contributed by atoms with Gasteiger partial charge in [-0.05, 0) is 50.4 Å². The fourth-order valence-electron chi connectivity index (χ4n) is 2.51. The van der Waals surface area contributed by atoms with Crippen molar-refractivity contribution in [1.82, 2.24) is 0 Å². The highest BCUT2D eigenvalue weighted by molar-refractivity contribution is 8.13. The molecule has 5 nitrogen and oxygen atoms in total. The molecular weight excluding hydrogens is 363 g/mol. The lowest BCUT2D eigenvalue weighted by Crippen LogP contribution is -2.41. The first-order valence-electron chi connectivity index (χ1n) is 8.71. The average molecular weight is 388 g/mol. The number of carbonyl (C=O) groups excluding carboxylic acids is 1. The van der Waals surface area contributed by atoms with Crippen LogP contribution >= 0.6 is 11.8 Å². The zero-order valence-corrected chi connectivity index (χ0v) is 17.1. The van der Waals surface area contributed by atoms with Crippen LogP contribution in [0, 0.1) is 0 Å². The van der Waals surface area contributed by atoms with Crippen LogP contribution < -0.4 is 0 Å². The lowest BCUT2D eigenvalue weighted by molar-refractivity contribution is -0.131. The number of benzene rings is 1. The van der Waals surface area contributed by atoms with Crippen LogP contribution in [-0.2, 0) is 18.9 Å². The molecule has 1 N–H and O–H groups in total. The summed E-state index contributed by atoms with van der Waals surface area (Å²) in [7, 11) is -0.571. The highest BCUT2D eigenvalue weighted by atomic mass is 32.2. The van der Waals surface area contributed by atoms with Gasteiger partial charge in [-0.25, -0.2) is 4.79 Å². The maximum atomic E-state index is 11.5. The van der Waals surface area contributed by atoms with Gasteiger partial charge in [-0.1, -0.05) is 42.1 Å². The predicted octanol–water partition coefficient (Wildman–Crippen LogP) is 4.08. The molecule has 0 bridgehead atoms. The van der Waals surface area contributed by atoms with Crippen molar-refractivity contribution in [3.63, 3.8) is 0 Å². The van der Waals surface area contributed by atoms with Crippen molar-refractivity contribution in [2.45, 2.75) is 45.8 Å². The molecule has 1 aliphatic heterocycles. The smallest absolute Gasteiger partial charge is 0.478 e. The van der Waals surface area contributed by atoms with E-state index in [9.17, 15) is 9.59 Å². The summed E-state index contributed by atoms with van der Waals surface area (Å²) in [4.78, 5) is 22.3. The zero-order valence-electron chi connectivity index (χ0n) is 16.3. The molecule has 1 aromatic rings. The van der Waals surface area contributed by atoms with Gasteiger partial charge in [0.05, 0.1) is 11.2 Å². The summed E-state index contributed by atoms with van der Waals surface area (Å²) in [6.07, 6.45) is 4.57. The van der Waals surface area contributed by atoms with Gasteiger partial charge in [-0.2, -0.15) is 0 Å². The minimum atomic E-state index is -1.01. The van der Waals surface area contributed by atoms with Crippen LogP contribution in [-0.4, -0.2) is 40.3 Å². The molecule has 0 atom stereocenters. The number of carboxylic acids is 1. The Morgan fingerprint density at radius 1 is 1.11 bits per heavy atom. The van der Waals surface area contributed by atoms with Gasteiger partial charge in [0.2, 0.25) is 0 Å². The van der Waals surface area contributed by atoms with Gasteiger partial charge in [0.15, 0.2) is 5.12 Å². The van der Waals surface area contributed by atoms with E-state index < -0.39 is 24.3 Å². The van der Waals surface area contributed by atoms with Crippen LogP contribution in [0.2, 0.25) is 0 Å². The van der Waals surface area contributed by atoms with Crippen LogP contribution in [0.5, 0.6) is 0 Å². The first kappa shape index (κ1) is 21.5. The number of hydrogen-bond acceptors (Lipinski definition) is 5. The maximum absolute atomic E-state index is 11.5. The topological polar surface area (TPSA) is 72.8 Å². The Morgan fingerprint density at radius 2 is 1.67 bits per heavy atom. The van der Waals surface area contributed by atoms with E-state index in [0.717, 1.165) is 22.7 Å². The highest BCUT2D eigenvalue weighted by Crippen LogP contribution is 2.39. The van der Waals surface area contributed by atoms with E-state index in [2.05, 4.69) is 0 Å². The second-order valence-electron chi connectivity index (χ2n) is 7.39. The van der Waals surface area contributed by atoms with Crippen LogP contribution in [0.3, 0.4) is 0 Å². The number of carbonyl (C=O) groups is 2. The Kier molecular flexibility index (Phi) is 6.73. The molecule has 144 valence electrons. The second-order valence-corrected chi connectivity index (χ2v) is 8.54. The van der Waals surface area contributed by atoms with Gasteiger partial charge < -0.3 is 14.4 Å². The van der Waals surface area contributed by atoms with Crippen molar-refractivity contribution >= 4 is 42.1 Å². The lowest BCUT2D eigenvalue weighted by Gasteiger charge is -2.32. The minimum absolute atomic E-state index is 0.0106. The summed E-state index contributed by atoms with van der Waals surface area (Å²) < 4.78 is 12.3. The highest BCUT2D eigenvalue weighted by Gasteiger charge is 2.52. The van der Waals surface area contributed by atoms with E-state index in [4.69, 9.17) is 14.4 Å². The summed E-state index contributed by atoms with van der Waals surface area (Å²) >= 11 is 1.19. The molecule has 1 aromatic carbocycles. The van der Waals surface area contributed by atoms with E-state index in [-0.39, 0.29) is 5.12 Å². The summed E-state index contributed by atoms with van der Waals surface area (Å²) in [5.41, 5.74) is 1.46. The number of aliphatic carboxylic acids is 1. The van der Waals surface area contributed by atoms with Gasteiger partial charge in [-0.3, -0.25) is 4.79 Å². The molecule has 0 amide bonds. The molecule has 1 fully saturated rings. The van der Waals surface area contributed by atoms with E-state index in [1.807, 2.05) is 58.0 Å². The maximum Gasteiger partial charge on any atom is 0.491 e. The van der Waals surface area contributed by atoms with Crippen LogP contribution in [0.25, 0.3) is 12.2 Å². The van der Waals surface area contributed by atoms with E-state index in [1.165, 1.54) is 18.7 Å². The SMILES string of the molecule is CC(=O)SCC(=Cc1ccccc1/C=C/C(=O)O)B1OC(C)(C)C(C)(C)O1. The molecule has 2 rings (SSSR count). The van der Waals surface area contributed by atoms with Gasteiger partial charge in [0.25, 0.3) is 0 Å². The molecule has 0 saturated carbocycles. The molecule has 0 aromatic heterocycles. The molecule has 0 aliphatic carbocycles. The van der Waals surface area contributed by atoms with Crippen LogP contribution in [0.4, 0.5) is 0 Å². The van der Waals surface area contributed by atoms with Crippen molar-refractivity contribution in [2.24, 2.45) is 0 Å². The number of thioether (sulfide) groups is 1. The normalized spacial score (nSPS) is 18.9. The molecule has 27 heavy (non-hydrogen) atoms. The largest absolute Gasteiger partial charge is 0.491 e. The molecule has 1 aliphatic rings. The standard InChI is InChI=1S/C20H25BO5S/c1-14(22)27-13-17(21-25-19(2,3)20(4,5)26-21)12-16-9-7-6-8-15(16)10-11-18(23)24/h6-12H,13H2,1-5H3,(H,23,24)/b11-10+,17-12?. The van der Waals surface area contributed by atoms with Crippen molar-refractivity contribution in [1.29, 1.82) is 0 Å². The number of rotatable bonds is 6. The molecule has 0 spiro atoms. The van der Waals surface area contributed by atoms with Gasteiger partial charge in [0.1, 0.15) is 0 Å². The van der Waals surface area contributed by atoms with Crippen molar-refractivity contribution < 1.29 is 24.0 Å². The fraction of sp³-hybridized carbons (Fsp3) is 0.400. The fourth-order valence-corrected chi connectivity index (χ4v) is 3.10. The quantitative estimate of drug-likeness (QED) is 0.585. The molecule has 0 unspecified atom stereocenters. The molecular formula is C20H25BO5S. The third-order valence-corrected chi connectivity index (χ3v) is 5.62. The predicted molar refractivity (Wildman–Crippen MR) is 110 cm³/mol. The Morgan fingerprint density at radius 3 is 2.19 bits per heavy atom. The van der Waals surface area contributed by atoms with Crippen LogP contribution in [0.1, 0.15) is 45.7 Å². The number of hydrogen-bond donors (Lipinski definition) is 1. The Balaban J connectivity index is 2.41. The third-order valence-electron chi connectivity index (χ3n) is 4.74. The molecule has 1 saturated heterocycles.